The van der Waals surface area contributed by atoms with Crippen molar-refractivity contribution in [3.8, 4) is 16.9 Å². The predicted molar refractivity (Wildman–Crippen MR) is 162 cm³/mol. The fourth-order valence-corrected chi connectivity index (χ4v) is 5.97. The molecule has 2 aliphatic heterocycles. The molecule has 2 N–H and O–H groups in total. The number of hydrogen-bond acceptors (Lipinski definition) is 5. The first-order chi connectivity index (χ1) is 19.9. The van der Waals surface area contributed by atoms with Gasteiger partial charge in [0.1, 0.15) is 11.6 Å². The van der Waals surface area contributed by atoms with Crippen molar-refractivity contribution < 1.29 is 13.9 Å². The lowest BCUT2D eigenvalue weighted by molar-refractivity contribution is 0.0747. The maximum absolute atomic E-state index is 13.9. The third kappa shape index (κ3) is 5.32. The van der Waals surface area contributed by atoms with Gasteiger partial charge in [0, 0.05) is 77.9 Å². The number of nitrogens with zero attached hydrogens (tertiary/aromatic N) is 3. The summed E-state index contributed by atoms with van der Waals surface area (Å²) in [5, 5.41) is 4.48. The van der Waals surface area contributed by atoms with Crippen LogP contribution in [0.1, 0.15) is 40.8 Å². The zero-order valence-electron chi connectivity index (χ0n) is 23.9. The van der Waals surface area contributed by atoms with Crippen LogP contribution < -0.4 is 15.0 Å². The molecule has 2 aromatic carbocycles. The minimum atomic E-state index is -0.329. The molecule has 0 aliphatic carbocycles. The zero-order valence-corrected chi connectivity index (χ0v) is 23.9. The summed E-state index contributed by atoms with van der Waals surface area (Å²) in [7, 11) is 1.55. The van der Waals surface area contributed by atoms with Gasteiger partial charge in [-0.15, -0.1) is 0 Å². The van der Waals surface area contributed by atoms with E-state index in [-0.39, 0.29) is 11.7 Å². The summed E-state index contributed by atoms with van der Waals surface area (Å²) in [5.74, 6) is 0.188. The van der Waals surface area contributed by atoms with Crippen molar-refractivity contribution in [2.45, 2.75) is 26.7 Å². The fourth-order valence-electron chi connectivity index (χ4n) is 5.97. The molecule has 4 heterocycles. The van der Waals surface area contributed by atoms with Crippen molar-refractivity contribution in [1.82, 2.24) is 20.2 Å². The largest absolute Gasteiger partial charge is 0.494 e. The molecule has 0 saturated carbocycles. The molecule has 1 saturated heterocycles. The Kier molecular flexibility index (Phi) is 7.49. The molecule has 0 radical (unpaired) electrons. The molecule has 2 aliphatic rings. The van der Waals surface area contributed by atoms with Gasteiger partial charge in [-0.25, -0.2) is 4.39 Å². The second kappa shape index (κ2) is 11.4. The normalized spacial score (nSPS) is 15.8. The van der Waals surface area contributed by atoms with Crippen LogP contribution >= 0.6 is 0 Å². The first-order valence-electron chi connectivity index (χ1n) is 14.4. The summed E-state index contributed by atoms with van der Waals surface area (Å²) in [6.45, 7) is 8.35. The highest BCUT2D eigenvalue weighted by Crippen LogP contribution is 2.35. The maximum Gasteiger partial charge on any atom is 0.254 e. The Labute approximate surface area is 240 Å². The van der Waals surface area contributed by atoms with Crippen LogP contribution in [-0.2, 0) is 6.42 Å². The number of benzene rings is 2. The van der Waals surface area contributed by atoms with E-state index >= 15 is 0 Å². The second-order valence-electron chi connectivity index (χ2n) is 10.8. The molecular weight excluding hydrogens is 517 g/mol. The van der Waals surface area contributed by atoms with Crippen molar-refractivity contribution in [3.63, 3.8) is 0 Å². The first-order valence-corrected chi connectivity index (χ1v) is 14.4. The average molecular weight is 554 g/mol. The number of aromatic nitrogens is 2. The third-order valence-electron chi connectivity index (χ3n) is 8.14. The number of halogens is 1. The van der Waals surface area contributed by atoms with Gasteiger partial charge in [0.2, 0.25) is 0 Å². The van der Waals surface area contributed by atoms with E-state index in [1.54, 1.807) is 13.2 Å². The topological polar surface area (TPSA) is 73.5 Å². The predicted octanol–water partition coefficient (Wildman–Crippen LogP) is 5.59. The van der Waals surface area contributed by atoms with E-state index in [1.165, 1.54) is 17.7 Å². The van der Waals surface area contributed by atoms with Crippen LogP contribution in [0.2, 0.25) is 0 Å². The zero-order chi connectivity index (χ0) is 28.5. The first kappa shape index (κ1) is 27.0. The number of nitrogens with one attached hydrogen (secondary N) is 2. The number of rotatable bonds is 6. The number of H-pyrrole nitrogens is 1. The summed E-state index contributed by atoms with van der Waals surface area (Å²) < 4.78 is 19.1. The van der Waals surface area contributed by atoms with E-state index in [9.17, 15) is 9.18 Å². The minimum absolute atomic E-state index is 0.0123. The van der Waals surface area contributed by atoms with Gasteiger partial charge in [0.05, 0.1) is 18.3 Å². The van der Waals surface area contributed by atoms with Crippen LogP contribution in [0, 0.1) is 12.7 Å². The van der Waals surface area contributed by atoms with Crippen LogP contribution in [0.3, 0.4) is 0 Å². The quantitative estimate of drug-likeness (QED) is 0.326. The lowest BCUT2D eigenvalue weighted by Crippen LogP contribution is -2.48. The molecule has 41 heavy (non-hydrogen) atoms. The number of amides is 1. The molecule has 6 rings (SSSR count). The van der Waals surface area contributed by atoms with Crippen LogP contribution in [0.5, 0.6) is 5.75 Å². The summed E-state index contributed by atoms with van der Waals surface area (Å²) >= 11 is 0. The number of piperazine rings is 1. The van der Waals surface area contributed by atoms with Crippen LogP contribution in [-0.4, -0.2) is 67.2 Å². The molecule has 1 amide bonds. The van der Waals surface area contributed by atoms with Crippen molar-refractivity contribution in [2.24, 2.45) is 0 Å². The van der Waals surface area contributed by atoms with Gasteiger partial charge in [-0.2, -0.15) is 0 Å². The summed E-state index contributed by atoms with van der Waals surface area (Å²) in [6, 6.07) is 15.0. The molecule has 4 aromatic rings. The van der Waals surface area contributed by atoms with Gasteiger partial charge in [-0.1, -0.05) is 19.1 Å². The van der Waals surface area contributed by atoms with Crippen molar-refractivity contribution in [2.75, 3.05) is 51.3 Å². The number of methoxy groups -OCH3 is 1. The van der Waals surface area contributed by atoms with Crippen molar-refractivity contribution >= 4 is 28.1 Å². The lowest BCUT2D eigenvalue weighted by atomic mass is 9.96. The average Bonchev–Trinajstić information content (AvgIpc) is 3.45. The second-order valence-corrected chi connectivity index (χ2v) is 10.8. The lowest BCUT2D eigenvalue weighted by Gasteiger charge is -2.36. The maximum atomic E-state index is 13.9. The van der Waals surface area contributed by atoms with E-state index in [2.05, 4.69) is 40.3 Å². The fraction of sp³-hybridized carbons (Fsp3) is 0.333. The molecule has 0 unspecified atom stereocenters. The number of aromatic amines is 1. The van der Waals surface area contributed by atoms with Gasteiger partial charge in [0.15, 0.2) is 0 Å². The Hall–Kier alpha value is -4.17. The van der Waals surface area contributed by atoms with Gasteiger partial charge in [-0.05, 0) is 68.3 Å². The SMILES string of the molecule is CCc1nc(C)ccc1-c1cc(C(=O)N2CCN(c3ccc(F)cc3OC)CC2)cc2cc(C3=CCCNC3)[nH]c12. The molecule has 2 aromatic heterocycles. The monoisotopic (exact) mass is 553 g/mol. The number of carbonyl (C=O) groups excluding carboxylic acids is 1. The summed E-state index contributed by atoms with van der Waals surface area (Å²) in [4.78, 5) is 26.5. The number of fused-ring (bicyclic) bond motifs is 1. The smallest absolute Gasteiger partial charge is 0.254 e. The Morgan fingerprint density at radius 2 is 1.88 bits per heavy atom. The standard InChI is InChI=1S/C33H36FN5O2/c1-4-28-26(9-7-21(2)36-28)27-17-24(16-23-18-29(37-32(23)27)22-6-5-11-35-20-22)33(40)39-14-12-38(13-15-39)30-10-8-25(34)19-31(30)41-3/h6-10,16-19,35,37H,4-5,11-15,20H2,1-3H3. The molecule has 1 fully saturated rings. The summed E-state index contributed by atoms with van der Waals surface area (Å²) in [5.41, 5.74) is 8.92. The highest BCUT2D eigenvalue weighted by molar-refractivity contribution is 6.05. The van der Waals surface area contributed by atoms with E-state index in [0.717, 1.165) is 70.7 Å². The van der Waals surface area contributed by atoms with Crippen molar-refractivity contribution in [3.05, 3.63) is 83.1 Å². The highest BCUT2D eigenvalue weighted by atomic mass is 19.1. The van der Waals surface area contributed by atoms with Crippen LogP contribution in [0.25, 0.3) is 27.6 Å². The number of pyridine rings is 1. The molecular formula is C33H36FN5O2. The van der Waals surface area contributed by atoms with E-state index in [0.29, 0.717) is 37.5 Å². The molecule has 0 atom stereocenters. The molecule has 0 spiro atoms. The number of anilines is 1. The van der Waals surface area contributed by atoms with Crippen LogP contribution in [0.15, 0.2) is 54.6 Å². The number of hydrogen-bond donors (Lipinski definition) is 2. The molecule has 0 bridgehead atoms. The molecule has 7 nitrogen and oxygen atoms in total. The highest BCUT2D eigenvalue weighted by Gasteiger charge is 2.26. The van der Waals surface area contributed by atoms with Crippen molar-refractivity contribution in [1.29, 1.82) is 0 Å². The Bertz CT molecular complexity index is 1630. The van der Waals surface area contributed by atoms with E-state index in [4.69, 9.17) is 9.72 Å². The Balaban J connectivity index is 1.34. The number of aryl methyl sites for hydroxylation is 2. The van der Waals surface area contributed by atoms with E-state index in [1.807, 2.05) is 30.0 Å². The van der Waals surface area contributed by atoms with Crippen LogP contribution in [0.4, 0.5) is 10.1 Å². The van der Waals surface area contributed by atoms with Gasteiger partial charge in [0.25, 0.3) is 5.91 Å². The Morgan fingerprint density at radius 1 is 1.05 bits per heavy atom. The van der Waals surface area contributed by atoms with E-state index < -0.39 is 0 Å². The van der Waals surface area contributed by atoms with Gasteiger partial charge >= 0.3 is 0 Å². The number of carbonyl (C=O) groups is 1. The molecule has 212 valence electrons. The minimum Gasteiger partial charge on any atom is -0.494 e. The van der Waals surface area contributed by atoms with Gasteiger partial charge < -0.3 is 24.8 Å². The molecule has 8 heteroatoms. The summed E-state index contributed by atoms with van der Waals surface area (Å²) in [6.07, 6.45) is 4.08. The van der Waals surface area contributed by atoms with Gasteiger partial charge in [-0.3, -0.25) is 9.78 Å². The Morgan fingerprint density at radius 3 is 2.61 bits per heavy atom. The number of ether oxygens (including phenoxy) is 1. The third-order valence-corrected chi connectivity index (χ3v) is 8.14.